The maximum atomic E-state index is 13.9. The van der Waals surface area contributed by atoms with E-state index in [2.05, 4.69) is 23.6 Å². The van der Waals surface area contributed by atoms with Crippen LogP contribution in [0.4, 0.5) is 9.18 Å². The fraction of sp³-hybridized carbons (Fsp3) is 0.300. The van der Waals surface area contributed by atoms with E-state index in [9.17, 15) is 14.0 Å². The normalized spacial score (nSPS) is 29.0. The quantitative estimate of drug-likeness (QED) is 0.784. The van der Waals surface area contributed by atoms with Gasteiger partial charge in [-0.1, -0.05) is 31.2 Å². The van der Waals surface area contributed by atoms with Gasteiger partial charge in [-0.05, 0) is 59.1 Å². The number of benzene rings is 2. The third kappa shape index (κ3) is 1.81. The highest BCUT2D eigenvalue weighted by atomic mass is 19.1. The minimum Gasteiger partial charge on any atom is -0.316 e. The Balaban J connectivity index is 1.74. The lowest BCUT2D eigenvalue weighted by molar-refractivity contribution is -0.122. The molecular weight excluding hydrogens is 319 g/mol. The summed E-state index contributed by atoms with van der Waals surface area (Å²) in [6.45, 7) is 2.23. The molecule has 5 heteroatoms. The summed E-state index contributed by atoms with van der Waals surface area (Å²) < 4.78 is 13.9. The molecule has 5 rings (SSSR count). The van der Waals surface area contributed by atoms with Gasteiger partial charge in [-0.2, -0.15) is 0 Å². The van der Waals surface area contributed by atoms with Gasteiger partial charge in [0.1, 0.15) is 5.82 Å². The molecule has 0 unspecified atom stereocenters. The number of urea groups is 1. The van der Waals surface area contributed by atoms with Gasteiger partial charge in [-0.25, -0.2) is 9.18 Å². The first-order valence-electron chi connectivity index (χ1n) is 8.57. The van der Waals surface area contributed by atoms with Crippen molar-refractivity contribution >= 4 is 11.9 Å². The topological polar surface area (TPSA) is 58.2 Å². The number of carbonyl (C=O) groups is 2. The van der Waals surface area contributed by atoms with Crippen molar-refractivity contribution in [2.75, 3.05) is 0 Å². The number of halogens is 1. The molecule has 1 saturated heterocycles. The number of fused-ring (bicyclic) bond motifs is 5. The Morgan fingerprint density at radius 3 is 2.36 bits per heavy atom. The molecule has 1 aliphatic heterocycles. The van der Waals surface area contributed by atoms with Crippen LogP contribution in [0.3, 0.4) is 0 Å². The van der Waals surface area contributed by atoms with E-state index in [4.69, 9.17) is 0 Å². The second-order valence-corrected chi connectivity index (χ2v) is 7.43. The molecular formula is C20H17FN2O2. The first-order valence-corrected chi connectivity index (χ1v) is 8.57. The Morgan fingerprint density at radius 2 is 1.72 bits per heavy atom. The Bertz CT molecular complexity index is 949. The van der Waals surface area contributed by atoms with Crippen LogP contribution in [-0.2, 0) is 10.3 Å². The van der Waals surface area contributed by atoms with Gasteiger partial charge in [0, 0.05) is 5.56 Å². The molecule has 1 atom stereocenters. The Hall–Kier alpha value is -2.69. The largest absolute Gasteiger partial charge is 0.322 e. The summed E-state index contributed by atoms with van der Waals surface area (Å²) in [6.07, 6.45) is 2.26. The molecule has 2 N–H and O–H groups in total. The average molecular weight is 336 g/mol. The molecule has 2 aliphatic carbocycles. The summed E-state index contributed by atoms with van der Waals surface area (Å²) in [5.74, 6) is 0.334. The van der Waals surface area contributed by atoms with E-state index >= 15 is 0 Å². The van der Waals surface area contributed by atoms with E-state index in [1.807, 2.05) is 12.1 Å². The molecule has 2 fully saturated rings. The molecule has 1 heterocycles. The number of nitrogens with one attached hydrogen (secondary N) is 2. The number of imide groups is 1. The van der Waals surface area contributed by atoms with Crippen LogP contribution in [0.2, 0.25) is 0 Å². The van der Waals surface area contributed by atoms with Crippen molar-refractivity contribution in [1.82, 2.24) is 10.6 Å². The monoisotopic (exact) mass is 336 g/mol. The molecule has 0 aromatic heterocycles. The first kappa shape index (κ1) is 14.6. The van der Waals surface area contributed by atoms with Crippen LogP contribution in [0, 0.1) is 11.7 Å². The molecule has 1 spiro atoms. The van der Waals surface area contributed by atoms with Crippen LogP contribution in [0.1, 0.15) is 42.4 Å². The van der Waals surface area contributed by atoms with Gasteiger partial charge in [0.25, 0.3) is 5.91 Å². The summed E-state index contributed by atoms with van der Waals surface area (Å²) in [7, 11) is 0. The van der Waals surface area contributed by atoms with Crippen molar-refractivity contribution in [3.05, 3.63) is 58.9 Å². The van der Waals surface area contributed by atoms with Gasteiger partial charge in [0.15, 0.2) is 5.54 Å². The highest BCUT2D eigenvalue weighted by Gasteiger charge is 2.55. The summed E-state index contributed by atoms with van der Waals surface area (Å²) in [5.41, 5.74) is 2.78. The van der Waals surface area contributed by atoms with Crippen molar-refractivity contribution in [3.63, 3.8) is 0 Å². The Kier molecular flexibility index (Phi) is 2.74. The van der Waals surface area contributed by atoms with Crippen LogP contribution < -0.4 is 10.6 Å². The van der Waals surface area contributed by atoms with Gasteiger partial charge in [0.05, 0.1) is 0 Å². The molecule has 0 radical (unpaired) electrons. The zero-order valence-electron chi connectivity index (χ0n) is 13.7. The smallest absolute Gasteiger partial charge is 0.316 e. The number of rotatable bonds is 1. The van der Waals surface area contributed by atoms with E-state index in [1.54, 1.807) is 6.07 Å². The zero-order chi connectivity index (χ0) is 17.3. The van der Waals surface area contributed by atoms with Crippen LogP contribution in [0.5, 0.6) is 0 Å². The van der Waals surface area contributed by atoms with Crippen molar-refractivity contribution in [1.29, 1.82) is 0 Å². The SMILES string of the molecule is CC1CC(c2ccc3c(c2)[C@@]2(NC(=O)NC2=O)c2cc(F)ccc2-3)C1. The van der Waals surface area contributed by atoms with E-state index < -0.39 is 23.3 Å². The maximum absolute atomic E-state index is 13.9. The lowest BCUT2D eigenvalue weighted by atomic mass is 9.71. The fourth-order valence-corrected chi connectivity index (χ4v) is 4.58. The second kappa shape index (κ2) is 4.69. The number of carbonyl (C=O) groups excluding carboxylic acids is 2. The summed E-state index contributed by atoms with van der Waals surface area (Å²) >= 11 is 0. The van der Waals surface area contributed by atoms with E-state index in [1.165, 1.54) is 17.7 Å². The van der Waals surface area contributed by atoms with Gasteiger partial charge in [-0.3, -0.25) is 10.1 Å². The van der Waals surface area contributed by atoms with E-state index in [0.29, 0.717) is 17.4 Å². The molecule has 3 aliphatic rings. The molecule has 2 aromatic rings. The average Bonchev–Trinajstić information content (AvgIpc) is 3.00. The molecule has 25 heavy (non-hydrogen) atoms. The summed E-state index contributed by atoms with van der Waals surface area (Å²) in [5, 5.41) is 5.09. The van der Waals surface area contributed by atoms with Gasteiger partial charge in [0.2, 0.25) is 0 Å². The Morgan fingerprint density at radius 1 is 1.04 bits per heavy atom. The van der Waals surface area contributed by atoms with Crippen LogP contribution in [0.15, 0.2) is 36.4 Å². The predicted molar refractivity (Wildman–Crippen MR) is 90.4 cm³/mol. The van der Waals surface area contributed by atoms with E-state index in [-0.39, 0.29) is 0 Å². The van der Waals surface area contributed by atoms with Crippen LogP contribution in [-0.4, -0.2) is 11.9 Å². The third-order valence-electron chi connectivity index (χ3n) is 5.84. The molecule has 1 saturated carbocycles. The highest BCUT2D eigenvalue weighted by molar-refractivity contribution is 6.13. The van der Waals surface area contributed by atoms with Crippen molar-refractivity contribution in [3.8, 4) is 11.1 Å². The number of hydrogen-bond acceptors (Lipinski definition) is 2. The van der Waals surface area contributed by atoms with Crippen LogP contribution >= 0.6 is 0 Å². The zero-order valence-corrected chi connectivity index (χ0v) is 13.7. The van der Waals surface area contributed by atoms with Crippen molar-refractivity contribution < 1.29 is 14.0 Å². The molecule has 4 nitrogen and oxygen atoms in total. The van der Waals surface area contributed by atoms with Crippen molar-refractivity contribution in [2.24, 2.45) is 5.92 Å². The molecule has 126 valence electrons. The van der Waals surface area contributed by atoms with Crippen molar-refractivity contribution in [2.45, 2.75) is 31.2 Å². The minimum atomic E-state index is -1.32. The lowest BCUT2D eigenvalue weighted by Gasteiger charge is -2.34. The molecule has 0 bridgehead atoms. The minimum absolute atomic E-state index is 0.423. The number of hydrogen-bond donors (Lipinski definition) is 2. The van der Waals surface area contributed by atoms with Gasteiger partial charge in [-0.15, -0.1) is 0 Å². The highest BCUT2D eigenvalue weighted by Crippen LogP contribution is 2.51. The van der Waals surface area contributed by atoms with Gasteiger partial charge >= 0.3 is 6.03 Å². The standard InChI is InChI=1S/C20H17FN2O2/c1-10-6-12(7-10)11-2-4-14-15-5-3-13(21)9-17(15)20(16(14)8-11)18(24)22-19(25)23-20/h2-5,8-10,12H,6-7H2,1H3,(H2,22,23,24,25)/t10?,12?,20-/m1/s1. The maximum Gasteiger partial charge on any atom is 0.322 e. The lowest BCUT2D eigenvalue weighted by Crippen LogP contribution is -2.43. The first-order chi connectivity index (χ1) is 12.0. The summed E-state index contributed by atoms with van der Waals surface area (Å²) in [4.78, 5) is 24.7. The molecule has 2 aromatic carbocycles. The van der Waals surface area contributed by atoms with Gasteiger partial charge < -0.3 is 5.32 Å². The number of amides is 3. The Labute approximate surface area is 144 Å². The van der Waals surface area contributed by atoms with E-state index in [0.717, 1.165) is 29.5 Å². The predicted octanol–water partition coefficient (Wildman–Crippen LogP) is 3.40. The summed E-state index contributed by atoms with van der Waals surface area (Å²) in [6, 6.07) is 9.99. The third-order valence-corrected chi connectivity index (χ3v) is 5.84. The van der Waals surface area contributed by atoms with Crippen LogP contribution in [0.25, 0.3) is 11.1 Å². The fourth-order valence-electron chi connectivity index (χ4n) is 4.58. The second-order valence-electron chi connectivity index (χ2n) is 7.43. The molecule has 3 amide bonds.